The highest BCUT2D eigenvalue weighted by molar-refractivity contribution is 7.89. The molecule has 0 bridgehead atoms. The van der Waals surface area contributed by atoms with Crippen molar-refractivity contribution in [2.45, 2.75) is 24.7 Å². The quantitative estimate of drug-likeness (QED) is 0.483. The molecule has 0 saturated heterocycles. The standard InChI is InChI=1S/C21H24N2O5S/c1-4-13-22-29(26,27)19-11-7-17(8-12-19)21(25)28-14-20(24)23-18-9-5-16(6-10-18)15(2)3/h4-12,15,22H,1,13-14H2,2-3H3,(H,23,24). The van der Waals surface area contributed by atoms with Gasteiger partial charge in [-0.1, -0.05) is 32.1 Å². The van der Waals surface area contributed by atoms with E-state index in [4.69, 9.17) is 4.74 Å². The van der Waals surface area contributed by atoms with E-state index in [1.165, 1.54) is 30.3 Å². The van der Waals surface area contributed by atoms with Crippen molar-refractivity contribution >= 4 is 27.6 Å². The Morgan fingerprint density at radius 3 is 2.24 bits per heavy atom. The minimum absolute atomic E-state index is 0.0125. The van der Waals surface area contributed by atoms with Gasteiger partial charge in [0, 0.05) is 12.2 Å². The maximum absolute atomic E-state index is 12.1. The van der Waals surface area contributed by atoms with E-state index in [1.54, 1.807) is 12.1 Å². The fourth-order valence-electron chi connectivity index (χ4n) is 2.38. The van der Waals surface area contributed by atoms with Crippen LogP contribution in [0, 0.1) is 0 Å². The van der Waals surface area contributed by atoms with Gasteiger partial charge >= 0.3 is 5.97 Å². The molecule has 2 aromatic rings. The van der Waals surface area contributed by atoms with Gasteiger partial charge in [-0.25, -0.2) is 17.9 Å². The third-order valence-electron chi connectivity index (χ3n) is 4.01. The zero-order valence-electron chi connectivity index (χ0n) is 16.3. The lowest BCUT2D eigenvalue weighted by Crippen LogP contribution is -2.23. The van der Waals surface area contributed by atoms with Gasteiger partial charge < -0.3 is 10.1 Å². The molecule has 2 rings (SSSR count). The van der Waals surface area contributed by atoms with Crippen LogP contribution in [0.5, 0.6) is 0 Å². The fraction of sp³-hybridized carbons (Fsp3) is 0.238. The van der Waals surface area contributed by atoms with Crippen molar-refractivity contribution in [1.82, 2.24) is 4.72 Å². The molecule has 1 amide bonds. The molecule has 0 radical (unpaired) electrons. The monoisotopic (exact) mass is 416 g/mol. The first-order valence-electron chi connectivity index (χ1n) is 9.00. The van der Waals surface area contributed by atoms with Gasteiger partial charge in [0.15, 0.2) is 6.61 Å². The van der Waals surface area contributed by atoms with Crippen molar-refractivity contribution in [2.24, 2.45) is 0 Å². The molecule has 2 N–H and O–H groups in total. The summed E-state index contributed by atoms with van der Waals surface area (Å²) in [4.78, 5) is 24.1. The molecule has 0 aliphatic rings. The van der Waals surface area contributed by atoms with Crippen LogP contribution >= 0.6 is 0 Å². The van der Waals surface area contributed by atoms with Crippen molar-refractivity contribution in [3.8, 4) is 0 Å². The Hall–Kier alpha value is -2.97. The Kier molecular flexibility index (Phi) is 7.69. The van der Waals surface area contributed by atoms with E-state index >= 15 is 0 Å². The second kappa shape index (κ2) is 9.99. The van der Waals surface area contributed by atoms with E-state index in [0.29, 0.717) is 11.6 Å². The van der Waals surface area contributed by atoms with Gasteiger partial charge in [-0.15, -0.1) is 6.58 Å². The summed E-state index contributed by atoms with van der Waals surface area (Å²) in [5, 5.41) is 2.65. The van der Waals surface area contributed by atoms with Gasteiger partial charge in [-0.05, 0) is 47.9 Å². The minimum Gasteiger partial charge on any atom is -0.452 e. The predicted molar refractivity (Wildman–Crippen MR) is 111 cm³/mol. The number of carbonyl (C=O) groups excluding carboxylic acids is 2. The maximum atomic E-state index is 12.1. The maximum Gasteiger partial charge on any atom is 0.338 e. The Morgan fingerprint density at radius 1 is 1.07 bits per heavy atom. The summed E-state index contributed by atoms with van der Waals surface area (Å²) in [5.74, 6) is -0.804. The summed E-state index contributed by atoms with van der Waals surface area (Å²) in [7, 11) is -3.67. The van der Waals surface area contributed by atoms with Crippen molar-refractivity contribution in [3.63, 3.8) is 0 Å². The number of carbonyl (C=O) groups is 2. The number of sulfonamides is 1. The first-order chi connectivity index (χ1) is 13.7. The summed E-state index contributed by atoms with van der Waals surface area (Å²) in [5.41, 5.74) is 1.90. The molecule has 29 heavy (non-hydrogen) atoms. The average molecular weight is 416 g/mol. The number of rotatable bonds is 9. The minimum atomic E-state index is -3.67. The number of hydrogen-bond donors (Lipinski definition) is 2. The molecule has 0 aromatic heterocycles. The summed E-state index contributed by atoms with van der Waals surface area (Å²) >= 11 is 0. The summed E-state index contributed by atoms with van der Waals surface area (Å²) < 4.78 is 31.3. The summed E-state index contributed by atoms with van der Waals surface area (Å²) in [6.45, 7) is 7.24. The molecule has 154 valence electrons. The molecule has 2 aromatic carbocycles. The Morgan fingerprint density at radius 2 is 1.69 bits per heavy atom. The zero-order chi connectivity index (χ0) is 21.4. The van der Waals surface area contributed by atoms with Gasteiger partial charge in [0.25, 0.3) is 5.91 Å². The number of ether oxygens (including phenoxy) is 1. The van der Waals surface area contributed by atoms with Gasteiger partial charge in [-0.3, -0.25) is 4.79 Å². The first-order valence-corrected chi connectivity index (χ1v) is 10.5. The van der Waals surface area contributed by atoms with Crippen molar-refractivity contribution in [3.05, 3.63) is 72.3 Å². The lowest BCUT2D eigenvalue weighted by atomic mass is 10.0. The molecule has 0 saturated carbocycles. The molecular weight excluding hydrogens is 392 g/mol. The largest absolute Gasteiger partial charge is 0.452 e. The smallest absolute Gasteiger partial charge is 0.338 e. The molecule has 0 aliphatic heterocycles. The van der Waals surface area contributed by atoms with Crippen molar-refractivity contribution in [2.75, 3.05) is 18.5 Å². The number of nitrogens with one attached hydrogen (secondary N) is 2. The van der Waals surface area contributed by atoms with E-state index < -0.39 is 28.5 Å². The molecule has 0 heterocycles. The second-order valence-electron chi connectivity index (χ2n) is 6.57. The van der Waals surface area contributed by atoms with E-state index in [9.17, 15) is 18.0 Å². The van der Waals surface area contributed by atoms with Crippen LogP contribution < -0.4 is 10.0 Å². The number of esters is 1. The second-order valence-corrected chi connectivity index (χ2v) is 8.33. The number of anilines is 1. The van der Waals surface area contributed by atoms with Crippen LogP contribution in [0.25, 0.3) is 0 Å². The van der Waals surface area contributed by atoms with Crippen LogP contribution in [0.1, 0.15) is 35.7 Å². The molecule has 0 aliphatic carbocycles. The van der Waals surface area contributed by atoms with Gasteiger partial charge in [0.2, 0.25) is 10.0 Å². The van der Waals surface area contributed by atoms with Crippen molar-refractivity contribution < 1.29 is 22.7 Å². The Labute approximate surface area is 170 Å². The van der Waals surface area contributed by atoms with Crippen molar-refractivity contribution in [1.29, 1.82) is 0 Å². The summed E-state index contributed by atoms with van der Waals surface area (Å²) in [6.07, 6.45) is 1.42. The van der Waals surface area contributed by atoms with E-state index in [-0.39, 0.29) is 17.0 Å². The van der Waals surface area contributed by atoms with E-state index in [1.807, 2.05) is 12.1 Å². The highest BCUT2D eigenvalue weighted by atomic mass is 32.2. The fourth-order valence-corrected chi connectivity index (χ4v) is 3.38. The molecule has 0 unspecified atom stereocenters. The molecule has 0 fully saturated rings. The highest BCUT2D eigenvalue weighted by Gasteiger charge is 2.15. The van der Waals surface area contributed by atoms with Gasteiger partial charge in [0.1, 0.15) is 0 Å². The van der Waals surface area contributed by atoms with Crippen LogP contribution in [0.15, 0.2) is 66.1 Å². The van der Waals surface area contributed by atoms with E-state index in [2.05, 4.69) is 30.5 Å². The highest BCUT2D eigenvalue weighted by Crippen LogP contribution is 2.17. The molecular formula is C21H24N2O5S. The average Bonchev–Trinajstić information content (AvgIpc) is 2.71. The third-order valence-corrected chi connectivity index (χ3v) is 5.45. The van der Waals surface area contributed by atoms with Crippen LogP contribution in [-0.4, -0.2) is 33.4 Å². The Bertz CT molecular complexity index is 965. The number of amides is 1. The van der Waals surface area contributed by atoms with Crippen LogP contribution in [0.3, 0.4) is 0 Å². The van der Waals surface area contributed by atoms with Gasteiger partial charge in [0.05, 0.1) is 10.5 Å². The zero-order valence-corrected chi connectivity index (χ0v) is 17.2. The van der Waals surface area contributed by atoms with Crippen LogP contribution in [-0.2, 0) is 19.6 Å². The third kappa shape index (κ3) is 6.55. The molecule has 0 atom stereocenters. The van der Waals surface area contributed by atoms with Crippen LogP contribution in [0.4, 0.5) is 5.69 Å². The number of benzene rings is 2. The first kappa shape index (κ1) is 22.3. The molecule has 7 nitrogen and oxygen atoms in total. The lowest BCUT2D eigenvalue weighted by Gasteiger charge is -2.09. The van der Waals surface area contributed by atoms with Gasteiger partial charge in [-0.2, -0.15) is 0 Å². The van der Waals surface area contributed by atoms with E-state index in [0.717, 1.165) is 5.56 Å². The lowest BCUT2D eigenvalue weighted by molar-refractivity contribution is -0.119. The van der Waals surface area contributed by atoms with Crippen LogP contribution in [0.2, 0.25) is 0 Å². The Balaban J connectivity index is 1.89. The SMILES string of the molecule is C=CCNS(=O)(=O)c1ccc(C(=O)OCC(=O)Nc2ccc(C(C)C)cc2)cc1. The predicted octanol–water partition coefficient (Wildman–Crippen LogP) is 3.07. The number of hydrogen-bond acceptors (Lipinski definition) is 5. The normalized spacial score (nSPS) is 11.1. The molecule has 0 spiro atoms. The molecule has 8 heteroatoms. The summed E-state index contributed by atoms with van der Waals surface area (Å²) in [6, 6.07) is 12.7. The topological polar surface area (TPSA) is 102 Å².